The van der Waals surface area contributed by atoms with E-state index >= 15 is 0 Å². The zero-order valence-electron chi connectivity index (χ0n) is 15.6. The lowest BCUT2D eigenvalue weighted by Crippen LogP contribution is -2.26. The van der Waals surface area contributed by atoms with Crippen LogP contribution in [0.25, 0.3) is 0 Å². The van der Waals surface area contributed by atoms with Crippen molar-refractivity contribution >= 4 is 21.6 Å². The number of carbonyl (C=O) groups is 1. The van der Waals surface area contributed by atoms with Crippen LogP contribution in [0.1, 0.15) is 41.3 Å². The molecular weight excluding hydrogens is 362 g/mol. The highest BCUT2D eigenvalue weighted by Gasteiger charge is 2.28. The largest absolute Gasteiger partial charge is 0.322 e. The molecule has 1 aliphatic carbocycles. The van der Waals surface area contributed by atoms with Gasteiger partial charge in [0.05, 0.1) is 4.90 Å². The summed E-state index contributed by atoms with van der Waals surface area (Å²) in [6.07, 6.45) is 1.72. The van der Waals surface area contributed by atoms with E-state index in [1.54, 1.807) is 13.0 Å². The van der Waals surface area contributed by atoms with E-state index in [-0.39, 0.29) is 16.8 Å². The number of rotatable bonds is 8. The molecule has 0 bridgehead atoms. The number of nitrogens with one attached hydrogen (secondary N) is 3. The molecule has 7 heteroatoms. The molecule has 0 saturated heterocycles. The minimum absolute atomic E-state index is 0.0199. The molecule has 3 N–H and O–H groups in total. The Hall–Kier alpha value is -2.22. The fourth-order valence-electron chi connectivity index (χ4n) is 2.75. The molecule has 3 rings (SSSR count). The second-order valence-electron chi connectivity index (χ2n) is 6.76. The molecule has 0 spiro atoms. The molecule has 27 heavy (non-hydrogen) atoms. The number of carbonyl (C=O) groups excluding carboxylic acids is 1. The molecule has 6 nitrogen and oxygen atoms in total. The fourth-order valence-corrected chi connectivity index (χ4v) is 4.08. The van der Waals surface area contributed by atoms with Crippen LogP contribution in [0, 0.1) is 6.92 Å². The first-order chi connectivity index (χ1) is 12.9. The molecule has 2 aromatic carbocycles. The van der Waals surface area contributed by atoms with Gasteiger partial charge in [-0.1, -0.05) is 31.2 Å². The van der Waals surface area contributed by atoms with Crippen molar-refractivity contribution in [2.45, 2.75) is 44.2 Å². The van der Waals surface area contributed by atoms with Crippen LogP contribution in [0.5, 0.6) is 0 Å². The molecule has 0 atom stereocenters. The lowest BCUT2D eigenvalue weighted by molar-refractivity contribution is 0.102. The van der Waals surface area contributed by atoms with Crippen LogP contribution in [0.15, 0.2) is 47.4 Å². The Morgan fingerprint density at radius 2 is 1.89 bits per heavy atom. The molecule has 0 heterocycles. The van der Waals surface area contributed by atoms with E-state index in [1.807, 2.05) is 31.2 Å². The van der Waals surface area contributed by atoms with E-state index in [4.69, 9.17) is 0 Å². The monoisotopic (exact) mass is 387 g/mol. The first-order valence-corrected chi connectivity index (χ1v) is 10.6. The maximum Gasteiger partial charge on any atom is 0.255 e. The predicted octanol–water partition coefficient (Wildman–Crippen LogP) is 2.80. The van der Waals surface area contributed by atoms with Crippen molar-refractivity contribution in [1.29, 1.82) is 0 Å². The van der Waals surface area contributed by atoms with Crippen LogP contribution in [0.4, 0.5) is 5.69 Å². The van der Waals surface area contributed by atoms with Crippen molar-refractivity contribution in [3.05, 3.63) is 59.2 Å². The quantitative estimate of drug-likeness (QED) is 0.650. The van der Waals surface area contributed by atoms with Crippen molar-refractivity contribution in [3.8, 4) is 0 Å². The Bertz CT molecular complexity index is 937. The van der Waals surface area contributed by atoms with Gasteiger partial charge in [0.2, 0.25) is 10.0 Å². The van der Waals surface area contributed by atoms with Gasteiger partial charge in [0.25, 0.3) is 5.91 Å². The number of aryl methyl sites for hydroxylation is 1. The van der Waals surface area contributed by atoms with E-state index in [0.717, 1.165) is 30.5 Å². The van der Waals surface area contributed by atoms with E-state index in [0.29, 0.717) is 17.8 Å². The smallest absolute Gasteiger partial charge is 0.255 e. The highest BCUT2D eigenvalue weighted by Crippen LogP contribution is 2.24. The Balaban J connectivity index is 1.84. The van der Waals surface area contributed by atoms with Gasteiger partial charge in [0.15, 0.2) is 0 Å². The summed E-state index contributed by atoms with van der Waals surface area (Å²) in [5.74, 6) is -0.320. The lowest BCUT2D eigenvalue weighted by Gasteiger charge is -2.14. The summed E-state index contributed by atoms with van der Waals surface area (Å²) in [7, 11) is -3.60. The van der Waals surface area contributed by atoms with Crippen LogP contribution in [-0.4, -0.2) is 26.9 Å². The molecule has 1 fully saturated rings. The average Bonchev–Trinajstić information content (AvgIpc) is 3.44. The van der Waals surface area contributed by atoms with E-state index in [9.17, 15) is 13.2 Å². The van der Waals surface area contributed by atoms with Gasteiger partial charge in [-0.25, -0.2) is 13.1 Å². The number of hydrogen-bond acceptors (Lipinski definition) is 4. The van der Waals surface area contributed by atoms with E-state index in [2.05, 4.69) is 15.4 Å². The molecule has 0 unspecified atom stereocenters. The Morgan fingerprint density at radius 3 is 2.59 bits per heavy atom. The van der Waals surface area contributed by atoms with Gasteiger partial charge in [-0.15, -0.1) is 0 Å². The summed E-state index contributed by atoms with van der Waals surface area (Å²) in [5, 5.41) is 6.16. The van der Waals surface area contributed by atoms with Gasteiger partial charge in [0.1, 0.15) is 0 Å². The highest BCUT2D eigenvalue weighted by molar-refractivity contribution is 7.89. The second kappa shape index (κ2) is 8.21. The lowest BCUT2D eigenvalue weighted by atomic mass is 10.1. The summed E-state index contributed by atoms with van der Waals surface area (Å²) in [5.41, 5.74) is 2.77. The van der Waals surface area contributed by atoms with E-state index < -0.39 is 10.0 Å². The molecule has 144 valence electrons. The third-order valence-electron chi connectivity index (χ3n) is 4.49. The van der Waals surface area contributed by atoms with Crippen LogP contribution in [-0.2, 0) is 16.6 Å². The molecule has 2 aromatic rings. The summed E-state index contributed by atoms with van der Waals surface area (Å²) in [6, 6.07) is 12.2. The van der Waals surface area contributed by atoms with Crippen molar-refractivity contribution in [1.82, 2.24) is 10.0 Å². The molecule has 1 aliphatic rings. The standard InChI is InChI=1S/C20H25N3O3S/c1-3-21-13-15-6-4-5-7-19(15)22-20(24)18-12-17(11-8-14(18)2)27(25,26)23-16-9-10-16/h4-8,11-12,16,21,23H,3,9-10,13H2,1-2H3,(H,22,24). The summed E-state index contributed by atoms with van der Waals surface area (Å²) in [6.45, 7) is 5.29. The van der Waals surface area contributed by atoms with Crippen molar-refractivity contribution in [2.75, 3.05) is 11.9 Å². The maximum atomic E-state index is 12.8. The molecule has 1 saturated carbocycles. The van der Waals surface area contributed by atoms with Crippen LogP contribution in [0.2, 0.25) is 0 Å². The van der Waals surface area contributed by atoms with Gasteiger partial charge in [0, 0.05) is 23.8 Å². The zero-order valence-corrected chi connectivity index (χ0v) is 16.4. The predicted molar refractivity (Wildman–Crippen MR) is 106 cm³/mol. The maximum absolute atomic E-state index is 12.8. The SMILES string of the molecule is CCNCc1ccccc1NC(=O)c1cc(S(=O)(=O)NC2CC2)ccc1C. The number of anilines is 1. The van der Waals surface area contributed by atoms with Gasteiger partial charge < -0.3 is 10.6 Å². The summed E-state index contributed by atoms with van der Waals surface area (Å²) < 4.78 is 27.5. The molecular formula is C20H25N3O3S. The molecule has 0 aliphatic heterocycles. The third kappa shape index (κ3) is 4.94. The molecule has 0 aromatic heterocycles. The number of amides is 1. The van der Waals surface area contributed by atoms with Crippen molar-refractivity contribution in [3.63, 3.8) is 0 Å². The van der Waals surface area contributed by atoms with Gasteiger partial charge in [-0.3, -0.25) is 4.79 Å². The first kappa shape index (κ1) is 19.5. The molecule has 0 radical (unpaired) electrons. The Morgan fingerprint density at radius 1 is 1.15 bits per heavy atom. The van der Waals surface area contributed by atoms with Crippen LogP contribution < -0.4 is 15.4 Å². The van der Waals surface area contributed by atoms with Crippen molar-refractivity contribution in [2.24, 2.45) is 0 Å². The Kier molecular flexibility index (Phi) is 5.94. The fraction of sp³-hybridized carbons (Fsp3) is 0.350. The summed E-state index contributed by atoms with van der Waals surface area (Å²) >= 11 is 0. The minimum Gasteiger partial charge on any atom is -0.322 e. The van der Waals surface area contributed by atoms with Gasteiger partial charge >= 0.3 is 0 Å². The van der Waals surface area contributed by atoms with Crippen LogP contribution in [0.3, 0.4) is 0 Å². The minimum atomic E-state index is -3.60. The highest BCUT2D eigenvalue weighted by atomic mass is 32.2. The number of hydrogen-bond donors (Lipinski definition) is 3. The average molecular weight is 388 g/mol. The third-order valence-corrected chi connectivity index (χ3v) is 6.01. The topological polar surface area (TPSA) is 87.3 Å². The van der Waals surface area contributed by atoms with Crippen molar-refractivity contribution < 1.29 is 13.2 Å². The van der Waals surface area contributed by atoms with E-state index in [1.165, 1.54) is 12.1 Å². The number of sulfonamides is 1. The number of benzene rings is 2. The second-order valence-corrected chi connectivity index (χ2v) is 8.48. The van der Waals surface area contributed by atoms with Gasteiger partial charge in [-0.05, 0) is 55.6 Å². The normalized spacial score (nSPS) is 14.1. The molecule has 1 amide bonds. The first-order valence-electron chi connectivity index (χ1n) is 9.13. The van der Waals surface area contributed by atoms with Gasteiger partial charge in [-0.2, -0.15) is 0 Å². The zero-order chi connectivity index (χ0) is 19.4. The Labute approximate surface area is 160 Å². The van der Waals surface area contributed by atoms with Crippen LogP contribution >= 0.6 is 0 Å². The number of para-hydroxylation sites is 1. The summed E-state index contributed by atoms with van der Waals surface area (Å²) in [4.78, 5) is 12.9.